The van der Waals surface area contributed by atoms with Crippen LogP contribution in [-0.4, -0.2) is 75.0 Å². The third-order valence-electron chi connectivity index (χ3n) is 6.52. The SMILES string of the molecule is CCOC1CC(NC(=NC)NCC(C)N2CCOCC2C)C12CCC2. The van der Waals surface area contributed by atoms with Crippen LogP contribution in [0, 0.1) is 5.41 Å². The van der Waals surface area contributed by atoms with Crippen molar-refractivity contribution in [2.45, 2.75) is 70.7 Å². The van der Waals surface area contributed by atoms with Crippen LogP contribution in [0.2, 0.25) is 0 Å². The molecule has 3 fully saturated rings. The van der Waals surface area contributed by atoms with Crippen molar-refractivity contribution in [3.8, 4) is 0 Å². The highest BCUT2D eigenvalue weighted by atomic mass is 16.5. The number of hydrogen-bond donors (Lipinski definition) is 2. The minimum atomic E-state index is 0.359. The monoisotopic (exact) mass is 352 g/mol. The maximum atomic E-state index is 5.95. The maximum absolute atomic E-state index is 5.95. The van der Waals surface area contributed by atoms with E-state index in [4.69, 9.17) is 9.47 Å². The minimum absolute atomic E-state index is 0.359. The van der Waals surface area contributed by atoms with Crippen molar-refractivity contribution >= 4 is 5.96 Å². The van der Waals surface area contributed by atoms with Crippen LogP contribution in [0.3, 0.4) is 0 Å². The molecule has 2 saturated carbocycles. The summed E-state index contributed by atoms with van der Waals surface area (Å²) in [6.45, 7) is 11.0. The molecule has 0 amide bonds. The summed E-state index contributed by atoms with van der Waals surface area (Å²) in [6, 6.07) is 1.45. The van der Waals surface area contributed by atoms with Gasteiger partial charge in [-0.3, -0.25) is 9.89 Å². The lowest BCUT2D eigenvalue weighted by Crippen LogP contribution is -2.68. The smallest absolute Gasteiger partial charge is 0.191 e. The number of aliphatic imine (C=N–C) groups is 1. The number of guanidine groups is 1. The number of hydrogen-bond acceptors (Lipinski definition) is 4. The topological polar surface area (TPSA) is 58.1 Å². The van der Waals surface area contributed by atoms with Gasteiger partial charge in [0.05, 0.1) is 19.3 Å². The Morgan fingerprint density at radius 1 is 1.44 bits per heavy atom. The maximum Gasteiger partial charge on any atom is 0.191 e. The number of nitrogens with one attached hydrogen (secondary N) is 2. The van der Waals surface area contributed by atoms with Gasteiger partial charge in [0.2, 0.25) is 0 Å². The molecule has 4 unspecified atom stereocenters. The average Bonchev–Trinajstić information content (AvgIpc) is 2.55. The van der Waals surface area contributed by atoms with E-state index >= 15 is 0 Å². The van der Waals surface area contributed by atoms with Gasteiger partial charge in [-0.05, 0) is 40.0 Å². The van der Waals surface area contributed by atoms with Gasteiger partial charge < -0.3 is 20.1 Å². The van der Waals surface area contributed by atoms with Gasteiger partial charge in [-0.1, -0.05) is 6.42 Å². The lowest BCUT2D eigenvalue weighted by molar-refractivity contribution is -0.168. The van der Waals surface area contributed by atoms with E-state index in [1.165, 1.54) is 19.3 Å². The summed E-state index contributed by atoms with van der Waals surface area (Å²) in [6.07, 6.45) is 5.45. The van der Waals surface area contributed by atoms with Gasteiger partial charge >= 0.3 is 0 Å². The molecule has 1 spiro atoms. The van der Waals surface area contributed by atoms with Gasteiger partial charge in [0.15, 0.2) is 5.96 Å². The fourth-order valence-electron chi connectivity index (χ4n) is 4.76. The van der Waals surface area contributed by atoms with E-state index in [1.807, 2.05) is 7.05 Å². The lowest BCUT2D eigenvalue weighted by Gasteiger charge is -2.61. The molecular weight excluding hydrogens is 316 g/mol. The Bertz CT molecular complexity index is 466. The number of morpholine rings is 1. The first kappa shape index (κ1) is 18.9. The predicted octanol–water partition coefficient (Wildman–Crippen LogP) is 1.61. The molecule has 6 heteroatoms. The molecule has 0 radical (unpaired) electrons. The normalized spacial score (nSPS) is 33.4. The Balaban J connectivity index is 1.47. The van der Waals surface area contributed by atoms with Crippen LogP contribution in [0.1, 0.15) is 46.5 Å². The molecule has 2 aliphatic carbocycles. The van der Waals surface area contributed by atoms with Crippen molar-refractivity contribution in [3.05, 3.63) is 0 Å². The zero-order valence-corrected chi connectivity index (χ0v) is 16.4. The van der Waals surface area contributed by atoms with Crippen LogP contribution in [0.15, 0.2) is 4.99 Å². The van der Waals surface area contributed by atoms with E-state index in [1.54, 1.807) is 0 Å². The molecule has 0 aromatic heterocycles. The molecule has 0 bridgehead atoms. The first-order valence-corrected chi connectivity index (χ1v) is 10.0. The number of ether oxygens (including phenoxy) is 2. The third kappa shape index (κ3) is 3.81. The fraction of sp³-hybridized carbons (Fsp3) is 0.947. The highest BCUT2D eigenvalue weighted by molar-refractivity contribution is 5.80. The molecule has 3 rings (SSSR count). The second-order valence-electron chi connectivity index (χ2n) is 7.93. The summed E-state index contributed by atoms with van der Waals surface area (Å²) in [5.41, 5.74) is 0.359. The van der Waals surface area contributed by atoms with E-state index in [-0.39, 0.29) is 0 Å². The summed E-state index contributed by atoms with van der Waals surface area (Å²) in [4.78, 5) is 6.97. The fourth-order valence-corrected chi connectivity index (χ4v) is 4.76. The van der Waals surface area contributed by atoms with Crippen molar-refractivity contribution in [1.82, 2.24) is 15.5 Å². The van der Waals surface area contributed by atoms with Crippen LogP contribution in [0.5, 0.6) is 0 Å². The quantitative estimate of drug-likeness (QED) is 0.562. The molecule has 0 aromatic carbocycles. The molecule has 3 aliphatic rings. The van der Waals surface area contributed by atoms with Crippen molar-refractivity contribution in [1.29, 1.82) is 0 Å². The highest BCUT2D eigenvalue weighted by Crippen LogP contribution is 2.57. The van der Waals surface area contributed by atoms with Crippen molar-refractivity contribution < 1.29 is 9.47 Å². The van der Waals surface area contributed by atoms with Crippen LogP contribution >= 0.6 is 0 Å². The zero-order valence-electron chi connectivity index (χ0n) is 16.4. The van der Waals surface area contributed by atoms with E-state index in [0.717, 1.165) is 45.3 Å². The van der Waals surface area contributed by atoms with Gasteiger partial charge in [0.1, 0.15) is 0 Å². The second kappa shape index (κ2) is 8.23. The van der Waals surface area contributed by atoms with Gasteiger partial charge in [-0.15, -0.1) is 0 Å². The summed E-state index contributed by atoms with van der Waals surface area (Å²) in [5.74, 6) is 0.930. The van der Waals surface area contributed by atoms with E-state index < -0.39 is 0 Å². The summed E-state index contributed by atoms with van der Waals surface area (Å²) >= 11 is 0. The molecule has 0 aromatic rings. The Kier molecular flexibility index (Phi) is 6.23. The standard InChI is InChI=1S/C19H36N4O2/c1-5-25-17-11-16(19(17)7-6-8-19)22-18(20-4)21-12-14(2)23-9-10-24-13-15(23)3/h14-17H,5-13H2,1-4H3,(H2,20,21,22). The molecule has 4 atom stereocenters. The van der Waals surface area contributed by atoms with E-state index in [9.17, 15) is 0 Å². The Morgan fingerprint density at radius 2 is 2.24 bits per heavy atom. The first-order chi connectivity index (χ1) is 12.1. The molecule has 144 valence electrons. The number of nitrogens with zero attached hydrogens (tertiary/aromatic N) is 2. The van der Waals surface area contributed by atoms with Gasteiger partial charge in [0, 0.05) is 50.3 Å². The minimum Gasteiger partial charge on any atom is -0.379 e. The Labute approximate surface area is 152 Å². The molecule has 1 aliphatic heterocycles. The average molecular weight is 353 g/mol. The molecule has 25 heavy (non-hydrogen) atoms. The highest BCUT2D eigenvalue weighted by Gasteiger charge is 2.59. The second-order valence-corrected chi connectivity index (χ2v) is 7.93. The largest absolute Gasteiger partial charge is 0.379 e. The molecular formula is C19H36N4O2. The summed E-state index contributed by atoms with van der Waals surface area (Å²) < 4.78 is 11.5. The molecule has 1 saturated heterocycles. The number of rotatable bonds is 6. The van der Waals surface area contributed by atoms with Gasteiger partial charge in [-0.2, -0.15) is 0 Å². The van der Waals surface area contributed by atoms with Crippen LogP contribution in [0.4, 0.5) is 0 Å². The van der Waals surface area contributed by atoms with E-state index in [0.29, 0.717) is 29.6 Å². The first-order valence-electron chi connectivity index (χ1n) is 10.0. The van der Waals surface area contributed by atoms with Crippen molar-refractivity contribution in [2.24, 2.45) is 10.4 Å². The Hall–Kier alpha value is -0.850. The van der Waals surface area contributed by atoms with Crippen LogP contribution in [0.25, 0.3) is 0 Å². The third-order valence-corrected chi connectivity index (χ3v) is 6.52. The molecule has 1 heterocycles. The molecule has 6 nitrogen and oxygen atoms in total. The summed E-state index contributed by atoms with van der Waals surface area (Å²) in [5, 5.41) is 7.20. The van der Waals surface area contributed by atoms with Crippen LogP contribution < -0.4 is 10.6 Å². The van der Waals surface area contributed by atoms with Crippen LogP contribution in [-0.2, 0) is 9.47 Å². The van der Waals surface area contributed by atoms with E-state index in [2.05, 4.69) is 41.3 Å². The lowest BCUT2D eigenvalue weighted by atomic mass is 9.51. The van der Waals surface area contributed by atoms with Gasteiger partial charge in [-0.25, -0.2) is 0 Å². The van der Waals surface area contributed by atoms with Crippen molar-refractivity contribution in [3.63, 3.8) is 0 Å². The van der Waals surface area contributed by atoms with Gasteiger partial charge in [0.25, 0.3) is 0 Å². The van der Waals surface area contributed by atoms with Crippen molar-refractivity contribution in [2.75, 3.05) is 40.0 Å². The predicted molar refractivity (Wildman–Crippen MR) is 101 cm³/mol. The Morgan fingerprint density at radius 3 is 2.84 bits per heavy atom. The zero-order chi connectivity index (χ0) is 17.9. The summed E-state index contributed by atoms with van der Waals surface area (Å²) in [7, 11) is 1.86. The molecule has 2 N–H and O–H groups in total.